The number of nitrogens with one attached hydrogen (secondary N) is 1. The minimum atomic E-state index is -0.642. The molecular weight excluding hydrogens is 362 g/mol. The Balaban J connectivity index is 1.78. The topological polar surface area (TPSA) is 102 Å². The second-order valence-electron chi connectivity index (χ2n) is 6.12. The Morgan fingerprint density at radius 1 is 1.07 bits per heavy atom. The van der Waals surface area contributed by atoms with E-state index in [4.69, 9.17) is 9.47 Å². The van der Waals surface area contributed by atoms with E-state index >= 15 is 0 Å². The van der Waals surface area contributed by atoms with Crippen LogP contribution in [0.2, 0.25) is 0 Å². The van der Waals surface area contributed by atoms with Crippen LogP contribution in [0.1, 0.15) is 35.7 Å². The number of phenolic OH excluding ortho intramolecular Hbond substituents is 1. The van der Waals surface area contributed by atoms with Gasteiger partial charge in [0.05, 0.1) is 13.0 Å². The first kappa shape index (κ1) is 21.0. The molecule has 0 aliphatic carbocycles. The van der Waals surface area contributed by atoms with Gasteiger partial charge >= 0.3 is 5.97 Å². The van der Waals surface area contributed by atoms with Gasteiger partial charge in [0.15, 0.2) is 23.9 Å². The van der Waals surface area contributed by atoms with E-state index in [0.29, 0.717) is 17.9 Å². The average molecular weight is 385 g/mol. The average Bonchev–Trinajstić information content (AvgIpc) is 2.66. The molecule has 0 atom stereocenters. The number of aromatic hydroxyl groups is 1. The van der Waals surface area contributed by atoms with Gasteiger partial charge in [0.25, 0.3) is 5.91 Å². The van der Waals surface area contributed by atoms with Crippen LogP contribution in [0.5, 0.6) is 11.5 Å². The van der Waals surface area contributed by atoms with E-state index in [9.17, 15) is 19.5 Å². The van der Waals surface area contributed by atoms with Crippen LogP contribution in [0.15, 0.2) is 42.5 Å². The molecule has 0 saturated carbocycles. The summed E-state index contributed by atoms with van der Waals surface area (Å²) in [7, 11) is 0. The van der Waals surface area contributed by atoms with Crippen molar-refractivity contribution in [2.75, 3.05) is 18.5 Å². The number of hydrogen-bond acceptors (Lipinski definition) is 6. The normalized spacial score (nSPS) is 10.2. The third-order valence-electron chi connectivity index (χ3n) is 3.80. The Hall–Kier alpha value is -3.35. The summed E-state index contributed by atoms with van der Waals surface area (Å²) in [5.74, 6) is -1.23. The van der Waals surface area contributed by atoms with E-state index in [-0.39, 0.29) is 30.1 Å². The van der Waals surface area contributed by atoms with Crippen LogP contribution in [-0.2, 0) is 14.3 Å². The number of hydrogen-bond donors (Lipinski definition) is 2. The highest BCUT2D eigenvalue weighted by molar-refractivity contribution is 5.98. The molecule has 0 saturated heterocycles. The number of ketones is 1. The zero-order valence-electron chi connectivity index (χ0n) is 15.9. The van der Waals surface area contributed by atoms with Gasteiger partial charge in [-0.2, -0.15) is 0 Å². The van der Waals surface area contributed by atoms with Gasteiger partial charge in [0.1, 0.15) is 0 Å². The summed E-state index contributed by atoms with van der Waals surface area (Å²) >= 11 is 0. The second-order valence-corrected chi connectivity index (χ2v) is 6.12. The van der Waals surface area contributed by atoms with E-state index in [1.165, 1.54) is 18.2 Å². The lowest BCUT2D eigenvalue weighted by molar-refractivity contribution is -0.147. The molecule has 0 fully saturated rings. The smallest absolute Gasteiger partial charge is 0.306 e. The van der Waals surface area contributed by atoms with E-state index in [1.807, 2.05) is 19.1 Å². The van der Waals surface area contributed by atoms with Gasteiger partial charge in [-0.15, -0.1) is 0 Å². The Kier molecular flexibility index (Phi) is 7.56. The molecule has 0 radical (unpaired) electrons. The number of carbonyl (C=O) groups is 3. The molecule has 2 rings (SSSR count). The fraction of sp³-hybridized carbons (Fsp3) is 0.286. The van der Waals surface area contributed by atoms with Crippen LogP contribution >= 0.6 is 0 Å². The molecule has 0 aliphatic heterocycles. The van der Waals surface area contributed by atoms with Crippen molar-refractivity contribution in [1.82, 2.24) is 0 Å². The van der Waals surface area contributed by atoms with Crippen molar-refractivity contribution in [3.8, 4) is 11.5 Å². The van der Waals surface area contributed by atoms with Crippen molar-refractivity contribution in [3.63, 3.8) is 0 Å². The van der Waals surface area contributed by atoms with E-state index < -0.39 is 18.5 Å². The fourth-order valence-electron chi connectivity index (χ4n) is 2.46. The number of Topliss-reactive ketones (excluding diaryl/α,β-unsaturated/α-hetero) is 1. The SMILES string of the molecule is CCOc1cc(C(=O)CCC(=O)OCC(=O)Nc2cccc(C)c2)ccc1O. The summed E-state index contributed by atoms with van der Waals surface area (Å²) in [5, 5.41) is 12.3. The minimum Gasteiger partial charge on any atom is -0.504 e. The number of amides is 1. The van der Waals surface area contributed by atoms with Gasteiger partial charge < -0.3 is 19.9 Å². The lowest BCUT2D eigenvalue weighted by Crippen LogP contribution is -2.21. The van der Waals surface area contributed by atoms with Crippen LogP contribution in [-0.4, -0.2) is 36.0 Å². The molecule has 7 nitrogen and oxygen atoms in total. The highest BCUT2D eigenvalue weighted by Crippen LogP contribution is 2.27. The minimum absolute atomic E-state index is 0.0579. The lowest BCUT2D eigenvalue weighted by atomic mass is 10.1. The highest BCUT2D eigenvalue weighted by Gasteiger charge is 2.14. The number of anilines is 1. The molecule has 0 spiro atoms. The molecule has 0 bridgehead atoms. The van der Waals surface area contributed by atoms with Gasteiger partial charge in [0.2, 0.25) is 0 Å². The molecule has 0 unspecified atom stereocenters. The fourth-order valence-corrected chi connectivity index (χ4v) is 2.46. The molecule has 0 heterocycles. The van der Waals surface area contributed by atoms with Crippen LogP contribution < -0.4 is 10.1 Å². The van der Waals surface area contributed by atoms with Gasteiger partial charge in [-0.1, -0.05) is 12.1 Å². The Bertz CT molecular complexity index is 862. The molecular formula is C21H23NO6. The zero-order chi connectivity index (χ0) is 20.5. The number of ether oxygens (including phenoxy) is 2. The Labute approximate surface area is 163 Å². The third-order valence-corrected chi connectivity index (χ3v) is 3.80. The molecule has 28 heavy (non-hydrogen) atoms. The first-order valence-electron chi connectivity index (χ1n) is 8.90. The summed E-state index contributed by atoms with van der Waals surface area (Å²) in [6.45, 7) is 3.59. The first-order chi connectivity index (χ1) is 13.4. The molecule has 2 N–H and O–H groups in total. The molecule has 1 amide bonds. The summed E-state index contributed by atoms with van der Waals surface area (Å²) < 4.78 is 10.1. The number of aryl methyl sites for hydroxylation is 1. The Morgan fingerprint density at radius 3 is 2.57 bits per heavy atom. The maximum Gasteiger partial charge on any atom is 0.306 e. The van der Waals surface area contributed by atoms with E-state index in [0.717, 1.165) is 5.56 Å². The molecule has 2 aromatic rings. The van der Waals surface area contributed by atoms with Crippen molar-refractivity contribution >= 4 is 23.3 Å². The van der Waals surface area contributed by atoms with Crippen LogP contribution in [0, 0.1) is 6.92 Å². The predicted molar refractivity (Wildman–Crippen MR) is 104 cm³/mol. The third kappa shape index (κ3) is 6.42. The number of carbonyl (C=O) groups excluding carboxylic acids is 3. The molecule has 0 aliphatic rings. The maximum atomic E-state index is 12.2. The van der Waals surface area contributed by atoms with Crippen LogP contribution in [0.4, 0.5) is 5.69 Å². The van der Waals surface area contributed by atoms with Gasteiger partial charge in [-0.25, -0.2) is 0 Å². The number of rotatable bonds is 9. The second kappa shape index (κ2) is 10.1. The number of phenols is 1. The number of benzene rings is 2. The van der Waals surface area contributed by atoms with Crippen molar-refractivity contribution in [2.24, 2.45) is 0 Å². The maximum absolute atomic E-state index is 12.2. The largest absolute Gasteiger partial charge is 0.504 e. The summed E-state index contributed by atoms with van der Waals surface area (Å²) in [5.41, 5.74) is 1.94. The first-order valence-corrected chi connectivity index (χ1v) is 8.90. The highest BCUT2D eigenvalue weighted by atomic mass is 16.5. The standard InChI is InChI=1S/C21H23NO6/c1-3-27-19-12-15(7-8-18(19)24)17(23)9-10-21(26)28-13-20(25)22-16-6-4-5-14(2)11-16/h4-8,11-12,24H,3,9-10,13H2,1-2H3,(H,22,25). The Morgan fingerprint density at radius 2 is 1.86 bits per heavy atom. The van der Waals surface area contributed by atoms with Gasteiger partial charge in [0, 0.05) is 17.7 Å². The molecule has 148 valence electrons. The molecule has 0 aromatic heterocycles. The van der Waals surface area contributed by atoms with Gasteiger partial charge in [-0.05, 0) is 49.7 Å². The van der Waals surface area contributed by atoms with Crippen LogP contribution in [0.25, 0.3) is 0 Å². The van der Waals surface area contributed by atoms with Crippen molar-refractivity contribution in [3.05, 3.63) is 53.6 Å². The van der Waals surface area contributed by atoms with Crippen molar-refractivity contribution in [1.29, 1.82) is 0 Å². The lowest BCUT2D eigenvalue weighted by Gasteiger charge is -2.08. The van der Waals surface area contributed by atoms with Crippen molar-refractivity contribution in [2.45, 2.75) is 26.7 Å². The van der Waals surface area contributed by atoms with E-state index in [1.54, 1.807) is 19.1 Å². The molecule has 2 aromatic carbocycles. The van der Waals surface area contributed by atoms with Gasteiger partial charge in [-0.3, -0.25) is 14.4 Å². The predicted octanol–water partition coefficient (Wildman–Crippen LogP) is 3.24. The summed E-state index contributed by atoms with van der Waals surface area (Å²) in [4.78, 5) is 35.8. The van der Waals surface area contributed by atoms with E-state index in [2.05, 4.69) is 5.32 Å². The van der Waals surface area contributed by atoms with Crippen molar-refractivity contribution < 1.29 is 29.0 Å². The summed E-state index contributed by atoms with van der Waals surface area (Å²) in [6.07, 6.45) is -0.226. The summed E-state index contributed by atoms with van der Waals surface area (Å²) in [6, 6.07) is 11.5. The quantitative estimate of drug-likeness (QED) is 0.507. The zero-order valence-corrected chi connectivity index (χ0v) is 15.9. The van der Waals surface area contributed by atoms with Crippen LogP contribution in [0.3, 0.4) is 0 Å². The monoisotopic (exact) mass is 385 g/mol. The number of esters is 1. The molecule has 7 heteroatoms.